The van der Waals surface area contributed by atoms with Gasteiger partial charge in [0.2, 0.25) is 0 Å². The molecular weight excluding hydrogens is 667 g/mol. The molecule has 0 radical (unpaired) electrons. The number of aryl methyl sites for hydroxylation is 2. The summed E-state index contributed by atoms with van der Waals surface area (Å²) < 4.78 is 0. The molecule has 1 saturated heterocycles. The lowest BCUT2D eigenvalue weighted by Gasteiger charge is -2.41. The Bertz CT molecular complexity index is 2070. The van der Waals surface area contributed by atoms with Crippen LogP contribution in [0.5, 0.6) is 0 Å². The summed E-state index contributed by atoms with van der Waals surface area (Å²) in [6, 6.07) is 38.6. The van der Waals surface area contributed by atoms with Crippen molar-refractivity contribution in [2.45, 2.75) is 86.2 Å². The number of rotatable bonds is 5. The van der Waals surface area contributed by atoms with Gasteiger partial charge in [-0.15, -0.1) is 5.73 Å². The predicted octanol–water partition coefficient (Wildman–Crippen LogP) is 13.0. The van der Waals surface area contributed by atoms with E-state index in [9.17, 15) is 0 Å². The van der Waals surface area contributed by atoms with Crippen molar-refractivity contribution in [1.82, 2.24) is 16.0 Å². The molecule has 0 aromatic heterocycles. The van der Waals surface area contributed by atoms with E-state index in [0.717, 1.165) is 24.8 Å². The molecule has 3 heteroatoms. The molecule has 3 N–H and O–H groups in total. The van der Waals surface area contributed by atoms with Crippen LogP contribution in [0.25, 0.3) is 11.1 Å². The molecule has 0 bridgehead atoms. The van der Waals surface area contributed by atoms with Gasteiger partial charge in [-0.25, -0.2) is 0 Å². The summed E-state index contributed by atoms with van der Waals surface area (Å²) in [5.41, 5.74) is 20.1. The molecule has 0 saturated carbocycles. The molecule has 4 aliphatic rings. The predicted molar refractivity (Wildman–Crippen MR) is 237 cm³/mol. The molecule has 1 heterocycles. The van der Waals surface area contributed by atoms with Crippen LogP contribution >= 0.6 is 0 Å². The lowest BCUT2D eigenvalue weighted by Crippen LogP contribution is -2.59. The molecule has 4 aromatic rings. The topological polar surface area (TPSA) is 36.1 Å². The fourth-order valence-electron chi connectivity index (χ4n) is 7.30. The highest BCUT2D eigenvalue weighted by atomic mass is 15.4. The highest BCUT2D eigenvalue weighted by molar-refractivity contribution is 5.79. The van der Waals surface area contributed by atoms with Crippen molar-refractivity contribution in [2.75, 3.05) is 0 Å². The maximum absolute atomic E-state index is 4.26. The van der Waals surface area contributed by atoms with Gasteiger partial charge in [0.25, 0.3) is 0 Å². The van der Waals surface area contributed by atoms with Crippen LogP contribution in [0.4, 0.5) is 0 Å². The fourth-order valence-corrected chi connectivity index (χ4v) is 7.30. The first-order chi connectivity index (χ1) is 26.9. The summed E-state index contributed by atoms with van der Waals surface area (Å²) in [5, 5.41) is 11.4. The summed E-state index contributed by atoms with van der Waals surface area (Å²) in [7, 11) is 0. The van der Waals surface area contributed by atoms with Crippen LogP contribution in [0.3, 0.4) is 0 Å². The van der Waals surface area contributed by atoms with Gasteiger partial charge < -0.3 is 0 Å². The zero-order valence-electron chi connectivity index (χ0n) is 33.9. The molecule has 2 unspecified atom stereocenters. The van der Waals surface area contributed by atoms with Crippen molar-refractivity contribution in [1.29, 1.82) is 0 Å². The number of hydrogen-bond donors (Lipinski definition) is 3. The second-order valence-electron chi connectivity index (χ2n) is 13.8. The van der Waals surface area contributed by atoms with E-state index in [1.807, 2.05) is 45.9 Å². The third-order valence-electron chi connectivity index (χ3n) is 10.2. The maximum Gasteiger partial charge on any atom is 0.0864 e. The van der Waals surface area contributed by atoms with E-state index in [4.69, 9.17) is 0 Å². The Morgan fingerprint density at radius 1 is 0.618 bits per heavy atom. The van der Waals surface area contributed by atoms with Gasteiger partial charge in [-0.1, -0.05) is 173 Å². The van der Waals surface area contributed by atoms with E-state index >= 15 is 0 Å². The van der Waals surface area contributed by atoms with Gasteiger partial charge in [0.05, 0.1) is 18.5 Å². The Balaban J connectivity index is 0.000000465. The van der Waals surface area contributed by atoms with Gasteiger partial charge in [-0.3, -0.25) is 16.0 Å². The van der Waals surface area contributed by atoms with Crippen LogP contribution in [0.2, 0.25) is 0 Å². The van der Waals surface area contributed by atoms with E-state index in [1.54, 1.807) is 0 Å². The third kappa shape index (κ3) is 10.5. The first-order valence-electron chi connectivity index (χ1n) is 20.1. The molecule has 1 fully saturated rings. The zero-order valence-corrected chi connectivity index (χ0v) is 33.9. The van der Waals surface area contributed by atoms with Crippen molar-refractivity contribution >= 4 is 11.1 Å². The Morgan fingerprint density at radius 2 is 1.20 bits per heavy atom. The Morgan fingerprint density at radius 3 is 1.73 bits per heavy atom. The second-order valence-corrected chi connectivity index (χ2v) is 13.8. The average molecular weight is 726 g/mol. The van der Waals surface area contributed by atoms with E-state index < -0.39 is 0 Å². The van der Waals surface area contributed by atoms with Crippen molar-refractivity contribution in [3.63, 3.8) is 0 Å². The zero-order chi connectivity index (χ0) is 39.2. The first kappa shape index (κ1) is 40.9. The Hall–Kier alpha value is -5.28. The molecule has 0 amide bonds. The fraction of sp³-hybridized carbons (Fsp3) is 0.250. The van der Waals surface area contributed by atoms with Gasteiger partial charge in [-0.2, -0.15) is 0 Å². The van der Waals surface area contributed by atoms with Crippen LogP contribution in [0.1, 0.15) is 99.6 Å². The summed E-state index contributed by atoms with van der Waals surface area (Å²) >= 11 is 0. The second kappa shape index (κ2) is 20.4. The van der Waals surface area contributed by atoms with E-state index in [1.165, 1.54) is 66.8 Å². The van der Waals surface area contributed by atoms with Crippen LogP contribution in [0.15, 0.2) is 186 Å². The Labute approximate surface area is 331 Å². The largest absolute Gasteiger partial charge is 0.279 e. The van der Waals surface area contributed by atoms with Gasteiger partial charge in [0.15, 0.2) is 0 Å². The minimum absolute atomic E-state index is 0.0513. The van der Waals surface area contributed by atoms with Crippen molar-refractivity contribution < 1.29 is 0 Å². The monoisotopic (exact) mass is 725 g/mol. The van der Waals surface area contributed by atoms with Crippen molar-refractivity contribution in [3.8, 4) is 0 Å². The number of benzene rings is 4. The molecule has 1 aliphatic heterocycles. The van der Waals surface area contributed by atoms with Gasteiger partial charge in [0.1, 0.15) is 0 Å². The average Bonchev–Trinajstić information content (AvgIpc) is 3.72. The minimum Gasteiger partial charge on any atom is -0.279 e. The van der Waals surface area contributed by atoms with Crippen LogP contribution in [0, 0.1) is 13.8 Å². The summed E-state index contributed by atoms with van der Waals surface area (Å²) in [6.07, 6.45) is 16.3. The molecule has 8 rings (SSSR count). The molecule has 0 spiro atoms. The van der Waals surface area contributed by atoms with Crippen LogP contribution in [-0.4, -0.2) is 6.17 Å². The molecule has 4 aromatic carbocycles. The molecule has 2 atom stereocenters. The van der Waals surface area contributed by atoms with Crippen LogP contribution < -0.4 is 16.0 Å². The maximum atomic E-state index is 4.26. The Kier molecular flexibility index (Phi) is 15.2. The van der Waals surface area contributed by atoms with Gasteiger partial charge in [-0.05, 0) is 119 Å². The molecule has 55 heavy (non-hydrogen) atoms. The summed E-state index contributed by atoms with van der Waals surface area (Å²) in [4.78, 5) is 0. The number of allylic oxidation sites excluding steroid dienone is 11. The van der Waals surface area contributed by atoms with E-state index in [-0.39, 0.29) is 18.5 Å². The molecule has 3 nitrogen and oxygen atoms in total. The quantitative estimate of drug-likeness (QED) is 0.179. The standard InChI is InChI=1S/C41H39N3.C7H8.2C2H6/c1-27-17-18-28(2)38(26-35-15-10-16-36(27)35)37-24-23-34(25-29(37)3)30-19-21-33(22-20-30)41-43-39(31-11-6-4-7-12-31)42-40(44-41)32-13-8-5-9-14-32;1-7-5-3-2-4-6-7;2*1-2/h4-9,11-19,21,23-25,39-44H,1,20,22,26H2,2-3H3;2-6H,1H3;2*1-2H3/b18-17-,38-28+;;;. The minimum atomic E-state index is 0.0513. The number of hydrogen-bond acceptors (Lipinski definition) is 3. The van der Waals surface area contributed by atoms with E-state index in [2.05, 4.69) is 176 Å². The SMILES string of the molecule is C=C1/C=C\C(C)=C(\c2ccc(C3=CC=C(C4NC(c5ccccc5)NC(c5ccccc5)N4)CC3)cc2C)CC2=C1C=C=C2.CC.CC.Cc1ccccc1. The van der Waals surface area contributed by atoms with Crippen molar-refractivity contribution in [3.05, 3.63) is 219 Å². The van der Waals surface area contributed by atoms with Crippen LogP contribution in [-0.2, 0) is 0 Å². The highest BCUT2D eigenvalue weighted by Crippen LogP contribution is 2.38. The molecule has 3 aliphatic carbocycles. The number of nitrogens with one attached hydrogen (secondary N) is 3. The van der Waals surface area contributed by atoms with Crippen molar-refractivity contribution in [2.24, 2.45) is 0 Å². The van der Waals surface area contributed by atoms with Gasteiger partial charge in [0, 0.05) is 0 Å². The summed E-state index contributed by atoms with van der Waals surface area (Å²) in [6.45, 7) is 18.8. The first-order valence-corrected chi connectivity index (χ1v) is 20.1. The molecular formula is C52H59N3. The van der Waals surface area contributed by atoms with E-state index in [0.29, 0.717) is 0 Å². The lowest BCUT2D eigenvalue weighted by molar-refractivity contribution is 0.219. The highest BCUT2D eigenvalue weighted by Gasteiger charge is 2.31. The third-order valence-corrected chi connectivity index (χ3v) is 10.2. The smallest absolute Gasteiger partial charge is 0.0864 e. The van der Waals surface area contributed by atoms with Gasteiger partial charge >= 0.3 is 0 Å². The summed E-state index contributed by atoms with van der Waals surface area (Å²) in [5.74, 6) is 0. The molecule has 282 valence electrons. The normalized spacial score (nSPS) is 21.9. The lowest BCUT2D eigenvalue weighted by atomic mass is 9.85.